The van der Waals surface area contributed by atoms with Gasteiger partial charge in [-0.3, -0.25) is 0 Å². The quantitative estimate of drug-likeness (QED) is 0.339. The molecule has 0 unspecified atom stereocenters. The zero-order valence-corrected chi connectivity index (χ0v) is 3.95. The molecule has 0 aliphatic heterocycles. The fraction of sp³-hybridized carbons (Fsp3) is 0.333. The fourth-order valence-electron chi connectivity index (χ4n) is 0. The molecule has 0 radical (unpaired) electrons. The van der Waals surface area contributed by atoms with E-state index < -0.39 is 12.3 Å². The van der Waals surface area contributed by atoms with Crippen LogP contribution in [0.25, 0.3) is 0 Å². The largest absolute Gasteiger partial charge is 0.652 e. The van der Waals surface area contributed by atoms with Crippen molar-refractivity contribution < 1.29 is 35.5 Å². The lowest BCUT2D eigenvalue weighted by molar-refractivity contribution is -0.417. The average Bonchev–Trinajstić information content (AvgIpc) is 1.25. The lowest BCUT2D eigenvalue weighted by atomic mass is 11.5. The SMILES string of the molecule is C.O.O=C([O-])[O-].O=C([O-])[O-]. The summed E-state index contributed by atoms with van der Waals surface area (Å²) in [6.07, 6.45) is -4.67. The Morgan fingerprint density at radius 1 is 0.800 bits per heavy atom. The minimum absolute atomic E-state index is 0. The second-order valence-corrected chi connectivity index (χ2v) is 0.500. The van der Waals surface area contributed by atoms with Gasteiger partial charge in [0.25, 0.3) is 0 Å². The molecule has 0 aromatic rings. The third kappa shape index (κ3) is 87.4. The number of rotatable bonds is 0. The van der Waals surface area contributed by atoms with E-state index in [1.54, 1.807) is 0 Å². The van der Waals surface area contributed by atoms with E-state index in [1.807, 2.05) is 0 Å². The molecule has 0 aliphatic carbocycles. The predicted octanol–water partition coefficient (Wildman–Crippen LogP) is -5.08. The molecule has 0 aromatic heterocycles. The van der Waals surface area contributed by atoms with E-state index in [4.69, 9.17) is 30.0 Å². The van der Waals surface area contributed by atoms with E-state index in [0.29, 0.717) is 0 Å². The summed E-state index contributed by atoms with van der Waals surface area (Å²) in [5.74, 6) is 0. The Hall–Kier alpha value is -1.50. The first kappa shape index (κ1) is 23.6. The highest BCUT2D eigenvalue weighted by Gasteiger charge is 1.27. The monoisotopic (exact) mass is 154 g/mol. The van der Waals surface area contributed by atoms with Crippen molar-refractivity contribution in [1.82, 2.24) is 0 Å². The van der Waals surface area contributed by atoms with Crippen molar-refractivity contribution in [3.8, 4) is 0 Å². The highest BCUT2D eigenvalue weighted by Crippen LogP contribution is 1.21. The smallest absolute Gasteiger partial charge is 0.0431 e. The standard InChI is InChI=1S/2CH2O3.CH4.H2O/c2*2-1(3)4;;/h2*(H2,2,3,4);1H4;1H2/p-4. The van der Waals surface area contributed by atoms with Gasteiger partial charge in [0, 0.05) is 0 Å². The third-order valence-corrected chi connectivity index (χ3v) is 0. The molecule has 0 fully saturated rings. The molecule has 0 saturated carbocycles. The molecule has 7 heteroatoms. The Labute approximate surface area is 56.5 Å². The first-order valence-electron chi connectivity index (χ1n) is 1.22. The van der Waals surface area contributed by atoms with Crippen molar-refractivity contribution in [1.29, 1.82) is 0 Å². The Morgan fingerprint density at radius 3 is 0.800 bits per heavy atom. The van der Waals surface area contributed by atoms with Crippen LogP contribution in [0.4, 0.5) is 9.59 Å². The Morgan fingerprint density at radius 2 is 0.800 bits per heavy atom. The lowest BCUT2D eigenvalue weighted by Gasteiger charge is -1.96. The molecular formula is C3H6O7-4. The molecule has 0 amide bonds. The van der Waals surface area contributed by atoms with Crippen LogP contribution in [0.3, 0.4) is 0 Å². The molecule has 0 aromatic carbocycles. The summed E-state index contributed by atoms with van der Waals surface area (Å²) in [5, 5.41) is 33.3. The van der Waals surface area contributed by atoms with E-state index in [0.717, 1.165) is 0 Å². The van der Waals surface area contributed by atoms with Crippen molar-refractivity contribution in [3.63, 3.8) is 0 Å². The Bertz CT molecular complexity index is 66.9. The number of carbonyl (C=O) groups is 2. The van der Waals surface area contributed by atoms with Crippen LogP contribution < -0.4 is 20.4 Å². The zero-order chi connectivity index (χ0) is 7.15. The molecule has 0 atom stereocenters. The van der Waals surface area contributed by atoms with Crippen molar-refractivity contribution in [2.45, 2.75) is 7.43 Å². The molecule has 10 heavy (non-hydrogen) atoms. The number of hydrogen-bond acceptors (Lipinski definition) is 6. The van der Waals surface area contributed by atoms with Gasteiger partial charge in [0.05, 0.1) is 0 Å². The van der Waals surface area contributed by atoms with E-state index in [9.17, 15) is 0 Å². The fourth-order valence-corrected chi connectivity index (χ4v) is 0. The van der Waals surface area contributed by atoms with Crippen LogP contribution in [0, 0.1) is 0 Å². The summed E-state index contributed by atoms with van der Waals surface area (Å²) in [6.45, 7) is 0. The maximum absolute atomic E-state index is 8.33. The van der Waals surface area contributed by atoms with Crippen LogP contribution >= 0.6 is 0 Å². The molecule has 2 N–H and O–H groups in total. The van der Waals surface area contributed by atoms with Gasteiger partial charge in [0.15, 0.2) is 0 Å². The normalized spacial score (nSPS) is 4.80. The molecular weight excluding hydrogens is 148 g/mol. The van der Waals surface area contributed by atoms with Crippen LogP contribution in [-0.4, -0.2) is 17.8 Å². The van der Waals surface area contributed by atoms with Gasteiger partial charge in [-0.05, 0) is 12.3 Å². The van der Waals surface area contributed by atoms with Crippen molar-refractivity contribution >= 4 is 12.3 Å². The van der Waals surface area contributed by atoms with Crippen LogP contribution in [0.2, 0.25) is 0 Å². The van der Waals surface area contributed by atoms with Crippen LogP contribution in [0.5, 0.6) is 0 Å². The molecule has 0 rings (SSSR count). The van der Waals surface area contributed by atoms with Gasteiger partial charge in [-0.2, -0.15) is 0 Å². The first-order chi connectivity index (χ1) is 3.46. The lowest BCUT2D eigenvalue weighted by Crippen LogP contribution is -2.37. The van der Waals surface area contributed by atoms with E-state index in [-0.39, 0.29) is 12.9 Å². The van der Waals surface area contributed by atoms with Crippen molar-refractivity contribution in [3.05, 3.63) is 0 Å². The van der Waals surface area contributed by atoms with Gasteiger partial charge < -0.3 is 35.5 Å². The summed E-state index contributed by atoms with van der Waals surface area (Å²) < 4.78 is 0. The van der Waals surface area contributed by atoms with Gasteiger partial charge >= 0.3 is 0 Å². The van der Waals surface area contributed by atoms with E-state index in [1.165, 1.54) is 0 Å². The van der Waals surface area contributed by atoms with E-state index >= 15 is 0 Å². The molecule has 0 spiro atoms. The van der Waals surface area contributed by atoms with Gasteiger partial charge in [-0.1, -0.05) is 7.43 Å². The molecule has 7 nitrogen and oxygen atoms in total. The molecule has 0 saturated heterocycles. The second-order valence-electron chi connectivity index (χ2n) is 0.500. The summed E-state index contributed by atoms with van der Waals surface area (Å²) >= 11 is 0. The van der Waals surface area contributed by atoms with Gasteiger partial charge in [0.2, 0.25) is 0 Å². The Balaban J connectivity index is -0.0000000300. The molecule has 0 bridgehead atoms. The van der Waals surface area contributed by atoms with E-state index in [2.05, 4.69) is 0 Å². The summed E-state index contributed by atoms with van der Waals surface area (Å²) in [6, 6.07) is 0. The molecule has 64 valence electrons. The average molecular weight is 154 g/mol. The minimum Gasteiger partial charge on any atom is -0.652 e. The number of hydrogen-bond donors (Lipinski definition) is 0. The first-order valence-corrected chi connectivity index (χ1v) is 1.22. The molecule has 0 aliphatic rings. The summed E-state index contributed by atoms with van der Waals surface area (Å²) in [4.78, 5) is 16.7. The highest BCUT2D eigenvalue weighted by molar-refractivity contribution is 5.47. The number of carbonyl (C=O) groups excluding carboxylic acids is 2. The van der Waals surface area contributed by atoms with Gasteiger partial charge in [-0.15, -0.1) is 0 Å². The third-order valence-electron chi connectivity index (χ3n) is 0. The van der Waals surface area contributed by atoms with Crippen molar-refractivity contribution in [2.75, 3.05) is 0 Å². The van der Waals surface area contributed by atoms with Gasteiger partial charge in [-0.25, -0.2) is 0 Å². The maximum Gasteiger partial charge on any atom is -0.0431 e. The topological polar surface area (TPSA) is 158 Å². The Kier molecular flexibility index (Phi) is 36.9. The predicted molar refractivity (Wildman–Crippen MR) is 21.1 cm³/mol. The zero-order valence-electron chi connectivity index (χ0n) is 3.95. The highest BCUT2D eigenvalue weighted by atomic mass is 16.6. The van der Waals surface area contributed by atoms with Gasteiger partial charge in [0.1, 0.15) is 0 Å². The van der Waals surface area contributed by atoms with Crippen LogP contribution in [0.15, 0.2) is 0 Å². The summed E-state index contributed by atoms with van der Waals surface area (Å²) in [5.41, 5.74) is 0. The van der Waals surface area contributed by atoms with Crippen LogP contribution in [-0.2, 0) is 0 Å². The second kappa shape index (κ2) is 15.6. The maximum atomic E-state index is 8.33. The van der Waals surface area contributed by atoms with Crippen LogP contribution in [0.1, 0.15) is 7.43 Å². The minimum atomic E-state index is -2.33. The molecule has 0 heterocycles. The number of carboxylic acid groups (broad SMARTS) is 4. The van der Waals surface area contributed by atoms with Crippen molar-refractivity contribution in [2.24, 2.45) is 0 Å². The summed E-state index contributed by atoms with van der Waals surface area (Å²) in [7, 11) is 0.